The van der Waals surface area contributed by atoms with E-state index in [0.29, 0.717) is 25.6 Å². The van der Waals surface area contributed by atoms with Crippen molar-refractivity contribution in [1.82, 2.24) is 4.90 Å². The maximum absolute atomic E-state index is 12.8. The quantitative estimate of drug-likeness (QED) is 0.552. The van der Waals surface area contributed by atoms with E-state index in [2.05, 4.69) is 32.6 Å². The first-order chi connectivity index (χ1) is 9.43. The lowest BCUT2D eigenvalue weighted by Gasteiger charge is -2.15. The van der Waals surface area contributed by atoms with Gasteiger partial charge in [-0.15, -0.1) is 0 Å². The van der Waals surface area contributed by atoms with Gasteiger partial charge in [-0.05, 0) is 24.8 Å². The van der Waals surface area contributed by atoms with Gasteiger partial charge in [0.05, 0.1) is 12.7 Å². The lowest BCUT2D eigenvalue weighted by Crippen LogP contribution is -2.30. The maximum atomic E-state index is 12.8. The molecule has 20 heavy (non-hydrogen) atoms. The molecule has 1 unspecified atom stereocenters. The van der Waals surface area contributed by atoms with Gasteiger partial charge in [-0.2, -0.15) is 0 Å². The molecule has 0 aromatic heterocycles. The SMILES string of the molecule is C=C(F)C(=O)N1CCC(OCC(/C=C\C(C)C)=C/C)C1. The van der Waals surface area contributed by atoms with Crippen LogP contribution in [-0.4, -0.2) is 36.6 Å². The number of allylic oxidation sites excluding steroid dienone is 2. The second kappa shape index (κ2) is 8.00. The summed E-state index contributed by atoms with van der Waals surface area (Å²) >= 11 is 0. The zero-order valence-corrected chi connectivity index (χ0v) is 12.6. The van der Waals surface area contributed by atoms with Gasteiger partial charge in [0.1, 0.15) is 0 Å². The Kier molecular flexibility index (Phi) is 6.65. The molecule has 0 spiro atoms. The average Bonchev–Trinajstić information content (AvgIpc) is 2.86. The minimum absolute atomic E-state index is 0.0271. The molecule has 0 saturated carbocycles. The standard InChI is InChI=1S/C16H24FNO2/c1-5-14(7-6-12(2)3)11-20-15-8-9-18(10-15)16(19)13(4)17/h5-7,12,15H,4,8-11H2,1-3H3/b7-6-,14-5+. The second-order valence-electron chi connectivity index (χ2n) is 5.34. The van der Waals surface area contributed by atoms with Crippen LogP contribution in [0.15, 0.2) is 36.2 Å². The highest BCUT2D eigenvalue weighted by atomic mass is 19.1. The van der Waals surface area contributed by atoms with E-state index in [9.17, 15) is 9.18 Å². The van der Waals surface area contributed by atoms with Crippen LogP contribution in [0, 0.1) is 5.92 Å². The normalized spacial score (nSPS) is 20.1. The third kappa shape index (κ3) is 5.29. The summed E-state index contributed by atoms with van der Waals surface area (Å²) in [7, 11) is 0. The molecular formula is C16H24FNO2. The predicted octanol–water partition coefficient (Wildman–Crippen LogP) is 3.25. The van der Waals surface area contributed by atoms with Crippen LogP contribution < -0.4 is 0 Å². The van der Waals surface area contributed by atoms with Gasteiger partial charge in [-0.1, -0.05) is 38.7 Å². The number of carbonyl (C=O) groups excluding carboxylic acids is 1. The van der Waals surface area contributed by atoms with Gasteiger partial charge in [0, 0.05) is 13.1 Å². The number of likely N-dealkylation sites (tertiary alicyclic amines) is 1. The number of rotatable bonds is 6. The van der Waals surface area contributed by atoms with Crippen LogP contribution in [0.25, 0.3) is 0 Å². The van der Waals surface area contributed by atoms with E-state index in [4.69, 9.17) is 4.74 Å². The zero-order valence-electron chi connectivity index (χ0n) is 12.6. The van der Waals surface area contributed by atoms with Gasteiger partial charge < -0.3 is 9.64 Å². The van der Waals surface area contributed by atoms with Crippen molar-refractivity contribution in [2.75, 3.05) is 19.7 Å². The summed E-state index contributed by atoms with van der Waals surface area (Å²) in [6.45, 7) is 10.7. The first-order valence-electron chi connectivity index (χ1n) is 7.02. The van der Waals surface area contributed by atoms with Crippen molar-refractivity contribution in [3.05, 3.63) is 36.2 Å². The van der Waals surface area contributed by atoms with Gasteiger partial charge in [0.2, 0.25) is 0 Å². The highest BCUT2D eigenvalue weighted by molar-refractivity contribution is 5.90. The van der Waals surface area contributed by atoms with Crippen molar-refractivity contribution in [2.45, 2.75) is 33.3 Å². The molecule has 0 radical (unpaired) electrons. The first-order valence-corrected chi connectivity index (χ1v) is 7.02. The van der Waals surface area contributed by atoms with E-state index < -0.39 is 11.7 Å². The largest absolute Gasteiger partial charge is 0.372 e. The van der Waals surface area contributed by atoms with Crippen molar-refractivity contribution in [3.8, 4) is 0 Å². The summed E-state index contributed by atoms with van der Waals surface area (Å²) in [6.07, 6.45) is 6.91. The fraction of sp³-hybridized carbons (Fsp3) is 0.562. The van der Waals surface area contributed by atoms with Gasteiger partial charge in [0.15, 0.2) is 5.83 Å². The van der Waals surface area contributed by atoms with Crippen molar-refractivity contribution in [3.63, 3.8) is 0 Å². The van der Waals surface area contributed by atoms with E-state index in [1.807, 2.05) is 13.0 Å². The molecule has 1 aliphatic rings. The van der Waals surface area contributed by atoms with Crippen LogP contribution >= 0.6 is 0 Å². The third-order valence-electron chi connectivity index (χ3n) is 3.22. The number of carbonyl (C=O) groups is 1. The van der Waals surface area contributed by atoms with Crippen molar-refractivity contribution < 1.29 is 13.9 Å². The Balaban J connectivity index is 2.40. The molecule has 4 heteroatoms. The second-order valence-corrected chi connectivity index (χ2v) is 5.34. The summed E-state index contributed by atoms with van der Waals surface area (Å²) < 4.78 is 18.6. The molecule has 1 aliphatic heterocycles. The summed E-state index contributed by atoms with van der Waals surface area (Å²) in [5.74, 6) is -1.03. The van der Waals surface area contributed by atoms with E-state index in [-0.39, 0.29) is 6.10 Å². The molecule has 1 amide bonds. The topological polar surface area (TPSA) is 29.5 Å². The number of nitrogens with zero attached hydrogens (tertiary/aromatic N) is 1. The molecule has 0 aromatic rings. The molecule has 1 saturated heterocycles. The average molecular weight is 281 g/mol. The molecule has 1 heterocycles. The van der Waals surface area contributed by atoms with Gasteiger partial charge in [-0.3, -0.25) is 4.79 Å². The lowest BCUT2D eigenvalue weighted by atomic mass is 10.1. The Morgan fingerprint density at radius 2 is 2.25 bits per heavy atom. The number of hydrogen-bond acceptors (Lipinski definition) is 2. The molecule has 0 bridgehead atoms. The lowest BCUT2D eigenvalue weighted by molar-refractivity contribution is -0.128. The van der Waals surface area contributed by atoms with Crippen LogP contribution in [0.2, 0.25) is 0 Å². The maximum Gasteiger partial charge on any atom is 0.282 e. The summed E-state index contributed by atoms with van der Waals surface area (Å²) in [5, 5.41) is 0. The summed E-state index contributed by atoms with van der Waals surface area (Å²) in [5.41, 5.74) is 1.11. The Labute approximate surface area is 120 Å². The van der Waals surface area contributed by atoms with Crippen molar-refractivity contribution in [1.29, 1.82) is 0 Å². The highest BCUT2D eigenvalue weighted by Gasteiger charge is 2.28. The first kappa shape index (κ1) is 16.6. The Hall–Kier alpha value is -1.42. The minimum Gasteiger partial charge on any atom is -0.372 e. The van der Waals surface area contributed by atoms with Crippen LogP contribution in [0.3, 0.4) is 0 Å². The minimum atomic E-state index is -0.903. The molecule has 112 valence electrons. The molecule has 1 atom stereocenters. The number of hydrogen-bond donors (Lipinski definition) is 0. The highest BCUT2D eigenvalue weighted by Crippen LogP contribution is 2.16. The van der Waals surface area contributed by atoms with E-state index in [1.165, 1.54) is 4.90 Å². The van der Waals surface area contributed by atoms with Gasteiger partial charge in [0.25, 0.3) is 5.91 Å². The number of amides is 1. The Morgan fingerprint density at radius 1 is 1.55 bits per heavy atom. The Bertz CT molecular complexity index is 413. The van der Waals surface area contributed by atoms with Crippen molar-refractivity contribution in [2.24, 2.45) is 5.92 Å². The van der Waals surface area contributed by atoms with Crippen LogP contribution in [0.4, 0.5) is 4.39 Å². The fourth-order valence-corrected chi connectivity index (χ4v) is 1.98. The molecule has 1 rings (SSSR count). The molecule has 0 N–H and O–H groups in total. The fourth-order valence-electron chi connectivity index (χ4n) is 1.98. The third-order valence-corrected chi connectivity index (χ3v) is 3.22. The van der Waals surface area contributed by atoms with Crippen LogP contribution in [0.1, 0.15) is 27.2 Å². The van der Waals surface area contributed by atoms with Crippen LogP contribution in [-0.2, 0) is 9.53 Å². The monoisotopic (exact) mass is 281 g/mol. The van der Waals surface area contributed by atoms with Gasteiger partial charge >= 0.3 is 0 Å². The smallest absolute Gasteiger partial charge is 0.282 e. The molecule has 0 aliphatic carbocycles. The molecule has 0 aromatic carbocycles. The van der Waals surface area contributed by atoms with E-state index in [0.717, 1.165) is 12.0 Å². The zero-order chi connectivity index (χ0) is 15.1. The summed E-state index contributed by atoms with van der Waals surface area (Å²) in [4.78, 5) is 12.9. The van der Waals surface area contributed by atoms with E-state index in [1.54, 1.807) is 0 Å². The number of halogens is 1. The molecular weight excluding hydrogens is 257 g/mol. The van der Waals surface area contributed by atoms with Crippen molar-refractivity contribution >= 4 is 5.91 Å². The molecule has 3 nitrogen and oxygen atoms in total. The molecule has 1 fully saturated rings. The van der Waals surface area contributed by atoms with Gasteiger partial charge in [-0.25, -0.2) is 4.39 Å². The number of ether oxygens (including phenoxy) is 1. The van der Waals surface area contributed by atoms with E-state index >= 15 is 0 Å². The van der Waals surface area contributed by atoms with Crippen LogP contribution in [0.5, 0.6) is 0 Å². The Morgan fingerprint density at radius 3 is 2.80 bits per heavy atom. The predicted molar refractivity (Wildman–Crippen MR) is 78.9 cm³/mol. The summed E-state index contributed by atoms with van der Waals surface area (Å²) in [6, 6.07) is 0.